The van der Waals surface area contributed by atoms with Crippen molar-refractivity contribution in [1.82, 2.24) is 0 Å². The minimum Gasteiger partial charge on any atom is -0.550 e. The summed E-state index contributed by atoms with van der Waals surface area (Å²) in [6, 6.07) is 0. The summed E-state index contributed by atoms with van der Waals surface area (Å²) < 4.78 is 0. The molecule has 0 radical (unpaired) electrons. The highest BCUT2D eigenvalue weighted by Crippen LogP contribution is 2.07. The SMILES string of the molecule is C[C@@H](C(=O)[O-])[C@@H](C)C(=O)[O-]. The molecule has 0 aromatic carbocycles. The van der Waals surface area contributed by atoms with Crippen LogP contribution in [-0.2, 0) is 9.59 Å². The van der Waals surface area contributed by atoms with Gasteiger partial charge in [0.05, 0.1) is 0 Å². The van der Waals surface area contributed by atoms with E-state index < -0.39 is 23.8 Å². The van der Waals surface area contributed by atoms with Gasteiger partial charge in [-0.05, 0) is 0 Å². The molecule has 0 heterocycles. The number of carboxylic acid groups (broad SMARTS) is 2. The second-order valence-electron chi connectivity index (χ2n) is 2.22. The quantitative estimate of drug-likeness (QED) is 0.448. The Morgan fingerprint density at radius 2 is 1.20 bits per heavy atom. The Bertz CT molecular complexity index is 134. The van der Waals surface area contributed by atoms with E-state index in [-0.39, 0.29) is 0 Å². The standard InChI is InChI=1S/C6H10O4/c1-3(5(7)8)4(2)6(9)10/h3-4H,1-2H3,(H,7,8)(H,9,10)/p-2/t3-,4-/m1/s1. The van der Waals surface area contributed by atoms with Crippen LogP contribution in [0.25, 0.3) is 0 Å². The first kappa shape index (κ1) is 8.94. The predicted molar refractivity (Wildman–Crippen MR) is 28.3 cm³/mol. The molecule has 0 aliphatic carbocycles. The number of aliphatic carboxylic acids is 2. The molecule has 0 N–H and O–H groups in total. The highest BCUT2D eigenvalue weighted by Gasteiger charge is 2.13. The Hall–Kier alpha value is -1.06. The molecule has 2 atom stereocenters. The molecular weight excluding hydrogens is 136 g/mol. The molecule has 0 saturated carbocycles. The third-order valence-electron chi connectivity index (χ3n) is 1.49. The summed E-state index contributed by atoms with van der Waals surface area (Å²) >= 11 is 0. The smallest absolute Gasteiger partial charge is 0.0448 e. The van der Waals surface area contributed by atoms with Crippen molar-refractivity contribution in [2.75, 3.05) is 0 Å². The molecule has 0 spiro atoms. The third kappa shape index (κ3) is 2.05. The van der Waals surface area contributed by atoms with E-state index in [0.717, 1.165) is 0 Å². The van der Waals surface area contributed by atoms with E-state index >= 15 is 0 Å². The van der Waals surface area contributed by atoms with E-state index in [2.05, 4.69) is 0 Å². The summed E-state index contributed by atoms with van der Waals surface area (Å²) in [6.07, 6.45) is 0. The van der Waals surface area contributed by atoms with E-state index in [0.29, 0.717) is 0 Å². The van der Waals surface area contributed by atoms with Crippen molar-refractivity contribution in [2.45, 2.75) is 13.8 Å². The van der Waals surface area contributed by atoms with Crippen molar-refractivity contribution in [3.63, 3.8) is 0 Å². The van der Waals surface area contributed by atoms with E-state index in [9.17, 15) is 19.8 Å². The Balaban J connectivity index is 4.07. The maximum Gasteiger partial charge on any atom is 0.0448 e. The zero-order valence-corrected chi connectivity index (χ0v) is 5.79. The molecule has 0 saturated heterocycles. The van der Waals surface area contributed by atoms with Gasteiger partial charge in [0.1, 0.15) is 0 Å². The third-order valence-corrected chi connectivity index (χ3v) is 1.49. The number of hydrogen-bond donors (Lipinski definition) is 0. The van der Waals surface area contributed by atoms with Crippen LogP contribution < -0.4 is 10.2 Å². The number of hydrogen-bond acceptors (Lipinski definition) is 4. The minimum absolute atomic E-state index is 0.995. The van der Waals surface area contributed by atoms with Crippen molar-refractivity contribution in [2.24, 2.45) is 11.8 Å². The molecule has 0 aromatic rings. The van der Waals surface area contributed by atoms with Crippen LogP contribution in [0.3, 0.4) is 0 Å². The molecule has 0 fully saturated rings. The summed E-state index contributed by atoms with van der Waals surface area (Å²) in [6.45, 7) is 2.55. The van der Waals surface area contributed by atoms with Crippen LogP contribution in [0, 0.1) is 11.8 Å². The van der Waals surface area contributed by atoms with Crippen LogP contribution in [-0.4, -0.2) is 11.9 Å². The van der Waals surface area contributed by atoms with Crippen molar-refractivity contribution in [1.29, 1.82) is 0 Å². The van der Waals surface area contributed by atoms with Crippen molar-refractivity contribution in [3.8, 4) is 0 Å². The Morgan fingerprint density at radius 3 is 1.30 bits per heavy atom. The first-order valence-electron chi connectivity index (χ1n) is 2.88. The molecule has 0 aromatic heterocycles. The lowest BCUT2D eigenvalue weighted by atomic mass is 9.97. The topological polar surface area (TPSA) is 80.3 Å². The van der Waals surface area contributed by atoms with Crippen LogP contribution in [0.1, 0.15) is 13.8 Å². The van der Waals surface area contributed by atoms with Gasteiger partial charge in [-0.15, -0.1) is 0 Å². The molecule has 4 nitrogen and oxygen atoms in total. The van der Waals surface area contributed by atoms with Crippen LogP contribution in [0.5, 0.6) is 0 Å². The van der Waals surface area contributed by atoms with Gasteiger partial charge in [0.2, 0.25) is 0 Å². The second kappa shape index (κ2) is 3.20. The van der Waals surface area contributed by atoms with Crippen molar-refractivity contribution in [3.05, 3.63) is 0 Å². The minimum atomic E-state index is -1.36. The van der Waals surface area contributed by atoms with Gasteiger partial charge in [-0.25, -0.2) is 0 Å². The molecule has 0 rings (SSSR count). The maximum atomic E-state index is 10.0. The number of carboxylic acids is 2. The number of carbonyl (C=O) groups is 2. The lowest BCUT2D eigenvalue weighted by Crippen LogP contribution is -2.41. The molecule has 10 heavy (non-hydrogen) atoms. The van der Waals surface area contributed by atoms with E-state index in [1.165, 1.54) is 13.8 Å². The predicted octanol–water partition coefficient (Wildman–Crippen LogP) is -2.24. The van der Waals surface area contributed by atoms with Crippen LogP contribution in [0.2, 0.25) is 0 Å². The highest BCUT2D eigenvalue weighted by atomic mass is 16.4. The summed E-state index contributed by atoms with van der Waals surface area (Å²) in [4.78, 5) is 20.1. The lowest BCUT2D eigenvalue weighted by molar-refractivity contribution is -0.325. The fourth-order valence-electron chi connectivity index (χ4n) is 0.408. The first-order valence-corrected chi connectivity index (χ1v) is 2.88. The van der Waals surface area contributed by atoms with Crippen molar-refractivity contribution < 1.29 is 19.8 Å². The van der Waals surface area contributed by atoms with Gasteiger partial charge < -0.3 is 19.8 Å². The van der Waals surface area contributed by atoms with Gasteiger partial charge in [0, 0.05) is 23.8 Å². The Labute approximate surface area is 58.5 Å². The molecule has 0 bridgehead atoms. The summed E-state index contributed by atoms with van der Waals surface area (Å²) in [5, 5.41) is 20.1. The monoisotopic (exact) mass is 144 g/mol. The van der Waals surface area contributed by atoms with Gasteiger partial charge in [0.15, 0.2) is 0 Å². The van der Waals surface area contributed by atoms with Crippen LogP contribution in [0.4, 0.5) is 0 Å². The molecular formula is C6H8O4-2. The number of carbonyl (C=O) groups excluding carboxylic acids is 2. The first-order chi connectivity index (χ1) is 4.46. The van der Waals surface area contributed by atoms with Crippen molar-refractivity contribution >= 4 is 11.9 Å². The molecule has 58 valence electrons. The van der Waals surface area contributed by atoms with Crippen LogP contribution in [0.15, 0.2) is 0 Å². The summed E-state index contributed by atoms with van der Waals surface area (Å²) in [5.41, 5.74) is 0. The number of rotatable bonds is 3. The van der Waals surface area contributed by atoms with E-state index in [1.54, 1.807) is 0 Å². The fraction of sp³-hybridized carbons (Fsp3) is 0.667. The zero-order valence-electron chi connectivity index (χ0n) is 5.79. The average molecular weight is 144 g/mol. The summed E-state index contributed by atoms with van der Waals surface area (Å²) in [7, 11) is 0. The van der Waals surface area contributed by atoms with E-state index in [4.69, 9.17) is 0 Å². The molecule has 0 amide bonds. The largest absolute Gasteiger partial charge is 0.550 e. The molecule has 0 unspecified atom stereocenters. The van der Waals surface area contributed by atoms with Crippen LogP contribution >= 0.6 is 0 Å². The second-order valence-corrected chi connectivity index (χ2v) is 2.22. The van der Waals surface area contributed by atoms with Gasteiger partial charge in [-0.2, -0.15) is 0 Å². The molecule has 4 heteroatoms. The van der Waals surface area contributed by atoms with Gasteiger partial charge in [-0.1, -0.05) is 13.8 Å². The average Bonchev–Trinajstić information content (AvgIpc) is 1.84. The molecule has 0 aliphatic rings. The maximum absolute atomic E-state index is 10.0. The highest BCUT2D eigenvalue weighted by molar-refractivity contribution is 5.77. The zero-order chi connectivity index (χ0) is 8.31. The molecule has 0 aliphatic heterocycles. The summed E-state index contributed by atoms with van der Waals surface area (Å²) in [5.74, 6) is -4.72. The lowest BCUT2D eigenvalue weighted by Gasteiger charge is -2.20. The van der Waals surface area contributed by atoms with Gasteiger partial charge in [-0.3, -0.25) is 0 Å². The van der Waals surface area contributed by atoms with Gasteiger partial charge >= 0.3 is 0 Å². The van der Waals surface area contributed by atoms with E-state index in [1.807, 2.05) is 0 Å². The Kier molecular flexibility index (Phi) is 2.86. The fourth-order valence-corrected chi connectivity index (χ4v) is 0.408. The Morgan fingerprint density at radius 1 is 1.00 bits per heavy atom. The normalized spacial score (nSPS) is 15.8. The van der Waals surface area contributed by atoms with Gasteiger partial charge in [0.25, 0.3) is 0 Å².